The van der Waals surface area contributed by atoms with E-state index in [1.165, 1.54) is 23.1 Å². The summed E-state index contributed by atoms with van der Waals surface area (Å²) >= 11 is 0. The van der Waals surface area contributed by atoms with E-state index in [0.717, 1.165) is 12.3 Å². The molecule has 100 valence electrons. The Morgan fingerprint density at radius 3 is 2.72 bits per heavy atom. The van der Waals surface area contributed by atoms with Crippen molar-refractivity contribution in [2.45, 2.75) is 40.2 Å². The van der Waals surface area contributed by atoms with Gasteiger partial charge in [0, 0.05) is 6.04 Å². The van der Waals surface area contributed by atoms with Gasteiger partial charge in [-0.3, -0.25) is 0 Å². The molecule has 18 heavy (non-hydrogen) atoms. The topological polar surface area (TPSA) is 21.3 Å². The zero-order valence-electron chi connectivity index (χ0n) is 12.2. The molecule has 0 aliphatic rings. The predicted molar refractivity (Wildman–Crippen MR) is 79.1 cm³/mol. The third-order valence-corrected chi connectivity index (χ3v) is 3.20. The summed E-state index contributed by atoms with van der Waals surface area (Å²) in [5.41, 5.74) is 3.76. The first-order valence-corrected chi connectivity index (χ1v) is 6.64. The first-order chi connectivity index (χ1) is 8.58. The summed E-state index contributed by atoms with van der Waals surface area (Å²) in [6.07, 6.45) is 3.40. The second kappa shape index (κ2) is 7.22. The number of aryl methyl sites for hydroxylation is 1. The Morgan fingerprint density at radius 1 is 1.44 bits per heavy atom. The number of hydrogen-bond donors (Lipinski definition) is 1. The SMILES string of the molecule is CCCNC(C)/C(C)=C/c1ccc(OC)c(C)c1. The molecule has 0 aliphatic heterocycles. The zero-order chi connectivity index (χ0) is 13.5. The maximum Gasteiger partial charge on any atom is 0.121 e. The van der Waals surface area contributed by atoms with Crippen molar-refractivity contribution >= 4 is 6.08 Å². The van der Waals surface area contributed by atoms with Crippen LogP contribution in [0.5, 0.6) is 5.75 Å². The van der Waals surface area contributed by atoms with Crippen LogP contribution in [0.15, 0.2) is 23.8 Å². The summed E-state index contributed by atoms with van der Waals surface area (Å²) < 4.78 is 5.27. The lowest BCUT2D eigenvalue weighted by Crippen LogP contribution is -2.27. The third kappa shape index (κ3) is 4.19. The van der Waals surface area contributed by atoms with E-state index >= 15 is 0 Å². The van der Waals surface area contributed by atoms with Crippen LogP contribution >= 0.6 is 0 Å². The molecule has 1 aromatic carbocycles. The smallest absolute Gasteiger partial charge is 0.121 e. The van der Waals surface area contributed by atoms with E-state index in [9.17, 15) is 0 Å². The second-order valence-corrected chi connectivity index (χ2v) is 4.79. The van der Waals surface area contributed by atoms with Crippen molar-refractivity contribution in [3.8, 4) is 5.75 Å². The summed E-state index contributed by atoms with van der Waals surface area (Å²) in [5.74, 6) is 0.946. The Labute approximate surface area is 111 Å². The molecule has 1 atom stereocenters. The maximum atomic E-state index is 5.27. The van der Waals surface area contributed by atoms with E-state index in [-0.39, 0.29) is 0 Å². The molecule has 0 aromatic heterocycles. The van der Waals surface area contributed by atoms with Gasteiger partial charge in [0.05, 0.1) is 7.11 Å². The number of methoxy groups -OCH3 is 1. The molecule has 1 N–H and O–H groups in total. The average molecular weight is 247 g/mol. The van der Waals surface area contributed by atoms with Crippen LogP contribution in [-0.2, 0) is 0 Å². The average Bonchev–Trinajstić information content (AvgIpc) is 2.36. The van der Waals surface area contributed by atoms with E-state index in [1.807, 2.05) is 6.07 Å². The van der Waals surface area contributed by atoms with E-state index in [1.54, 1.807) is 7.11 Å². The summed E-state index contributed by atoms with van der Waals surface area (Å²) in [5, 5.41) is 3.50. The van der Waals surface area contributed by atoms with Crippen molar-refractivity contribution in [3.05, 3.63) is 34.9 Å². The lowest BCUT2D eigenvalue weighted by molar-refractivity contribution is 0.411. The Morgan fingerprint density at radius 2 is 2.17 bits per heavy atom. The zero-order valence-corrected chi connectivity index (χ0v) is 12.2. The molecule has 0 bridgehead atoms. The van der Waals surface area contributed by atoms with Gasteiger partial charge in [-0.2, -0.15) is 0 Å². The van der Waals surface area contributed by atoms with Crippen LogP contribution in [-0.4, -0.2) is 19.7 Å². The van der Waals surface area contributed by atoms with Crippen molar-refractivity contribution in [2.24, 2.45) is 0 Å². The van der Waals surface area contributed by atoms with Gasteiger partial charge in [-0.15, -0.1) is 0 Å². The number of rotatable bonds is 6. The van der Waals surface area contributed by atoms with Gasteiger partial charge < -0.3 is 10.1 Å². The molecule has 0 radical (unpaired) electrons. The lowest BCUT2D eigenvalue weighted by atomic mass is 10.0. The van der Waals surface area contributed by atoms with E-state index in [4.69, 9.17) is 4.74 Å². The highest BCUT2D eigenvalue weighted by atomic mass is 16.5. The maximum absolute atomic E-state index is 5.27. The van der Waals surface area contributed by atoms with Crippen LogP contribution in [0.1, 0.15) is 38.3 Å². The first-order valence-electron chi connectivity index (χ1n) is 6.64. The number of nitrogens with one attached hydrogen (secondary N) is 1. The Bertz CT molecular complexity index is 410. The fourth-order valence-corrected chi connectivity index (χ4v) is 1.90. The monoisotopic (exact) mass is 247 g/mol. The fraction of sp³-hybridized carbons (Fsp3) is 0.500. The van der Waals surface area contributed by atoms with Gasteiger partial charge in [0.2, 0.25) is 0 Å². The molecule has 0 spiro atoms. The molecular weight excluding hydrogens is 222 g/mol. The van der Waals surface area contributed by atoms with Gasteiger partial charge in [0.1, 0.15) is 5.75 Å². The van der Waals surface area contributed by atoms with Crippen molar-refractivity contribution in [1.82, 2.24) is 5.32 Å². The molecule has 1 rings (SSSR count). The lowest BCUT2D eigenvalue weighted by Gasteiger charge is -2.14. The Kier molecular flexibility index (Phi) is 5.93. The van der Waals surface area contributed by atoms with E-state index < -0.39 is 0 Å². The summed E-state index contributed by atoms with van der Waals surface area (Å²) in [6.45, 7) is 9.70. The molecular formula is C16H25NO. The van der Waals surface area contributed by atoms with Crippen LogP contribution in [0, 0.1) is 6.92 Å². The number of hydrogen-bond acceptors (Lipinski definition) is 2. The van der Waals surface area contributed by atoms with Crippen LogP contribution in [0.3, 0.4) is 0 Å². The van der Waals surface area contributed by atoms with Crippen LogP contribution in [0.2, 0.25) is 0 Å². The standard InChI is InChI=1S/C16H25NO/c1-6-9-17-14(4)12(2)10-15-7-8-16(18-5)13(3)11-15/h7-8,10-11,14,17H,6,9H2,1-5H3/b12-10+. The number of ether oxygens (including phenoxy) is 1. The second-order valence-electron chi connectivity index (χ2n) is 4.79. The highest BCUT2D eigenvalue weighted by molar-refractivity contribution is 5.56. The highest BCUT2D eigenvalue weighted by Crippen LogP contribution is 2.20. The molecule has 2 heteroatoms. The molecule has 2 nitrogen and oxygen atoms in total. The van der Waals surface area contributed by atoms with Gasteiger partial charge >= 0.3 is 0 Å². The normalized spacial score (nSPS) is 13.5. The molecule has 0 heterocycles. The van der Waals surface area contributed by atoms with Crippen LogP contribution in [0.4, 0.5) is 0 Å². The van der Waals surface area contributed by atoms with Crippen LogP contribution < -0.4 is 10.1 Å². The summed E-state index contributed by atoms with van der Waals surface area (Å²) in [7, 11) is 1.71. The third-order valence-electron chi connectivity index (χ3n) is 3.20. The van der Waals surface area contributed by atoms with E-state index in [0.29, 0.717) is 6.04 Å². The van der Waals surface area contributed by atoms with Gasteiger partial charge in [0.25, 0.3) is 0 Å². The highest BCUT2D eigenvalue weighted by Gasteiger charge is 2.03. The van der Waals surface area contributed by atoms with Crippen LogP contribution in [0.25, 0.3) is 6.08 Å². The van der Waals surface area contributed by atoms with Crippen molar-refractivity contribution in [2.75, 3.05) is 13.7 Å². The fourth-order valence-electron chi connectivity index (χ4n) is 1.90. The van der Waals surface area contributed by atoms with Gasteiger partial charge in [-0.05, 0) is 57.0 Å². The molecule has 0 saturated heterocycles. The predicted octanol–water partition coefficient (Wildman–Crippen LogP) is 3.80. The van der Waals surface area contributed by atoms with E-state index in [2.05, 4.69) is 51.2 Å². The minimum atomic E-state index is 0.423. The number of benzene rings is 1. The quantitative estimate of drug-likeness (QED) is 0.825. The largest absolute Gasteiger partial charge is 0.496 e. The molecule has 0 saturated carbocycles. The summed E-state index contributed by atoms with van der Waals surface area (Å²) in [4.78, 5) is 0. The molecule has 0 aliphatic carbocycles. The van der Waals surface area contributed by atoms with Crippen molar-refractivity contribution in [3.63, 3.8) is 0 Å². The molecule has 0 fully saturated rings. The van der Waals surface area contributed by atoms with Crippen molar-refractivity contribution in [1.29, 1.82) is 0 Å². The molecule has 1 aromatic rings. The van der Waals surface area contributed by atoms with Crippen molar-refractivity contribution < 1.29 is 4.74 Å². The Hall–Kier alpha value is -1.28. The minimum absolute atomic E-state index is 0.423. The molecule has 1 unspecified atom stereocenters. The first kappa shape index (κ1) is 14.8. The van der Waals surface area contributed by atoms with Gasteiger partial charge in [-0.1, -0.05) is 24.6 Å². The Balaban J connectivity index is 2.78. The minimum Gasteiger partial charge on any atom is -0.496 e. The van der Waals surface area contributed by atoms with Gasteiger partial charge in [0.15, 0.2) is 0 Å². The summed E-state index contributed by atoms with van der Waals surface area (Å²) in [6, 6.07) is 6.71. The molecule has 0 amide bonds. The van der Waals surface area contributed by atoms with Gasteiger partial charge in [-0.25, -0.2) is 0 Å².